The van der Waals surface area contributed by atoms with Gasteiger partial charge in [0, 0.05) is 25.2 Å². The van der Waals surface area contributed by atoms with Gasteiger partial charge < -0.3 is 33.5 Å². The van der Waals surface area contributed by atoms with Crippen molar-refractivity contribution in [1.82, 2.24) is 34.5 Å². The SMILES string of the molecule is CCCCN(C=Nc1nnnc2c1ncn2[C@@H]1C[C@@](O)(OP(OCCC#N)N(C(C)C)C(C)C)[C@@H](COC(c2ccccc2)(c2ccc(OC)cc2)c2ccc(OC)cc2)O1)CCCC. The molecule has 0 aliphatic carbocycles. The number of aliphatic hydroxyl groups is 1. The van der Waals surface area contributed by atoms with Gasteiger partial charge >= 0.3 is 0 Å². The zero-order valence-electron chi connectivity index (χ0n) is 38.9. The fourth-order valence-electron chi connectivity index (χ4n) is 8.00. The van der Waals surface area contributed by atoms with Crippen LogP contribution in [0.3, 0.4) is 0 Å². The molecule has 1 fully saturated rings. The minimum Gasteiger partial charge on any atom is -0.497 e. The van der Waals surface area contributed by atoms with E-state index in [0.29, 0.717) is 28.5 Å². The average Bonchev–Trinajstić information content (AvgIpc) is 3.90. The molecule has 348 valence electrons. The molecule has 4 atom stereocenters. The Labute approximate surface area is 384 Å². The summed E-state index contributed by atoms with van der Waals surface area (Å²) in [5.41, 5.74) is 2.03. The number of aliphatic imine (C=N–C) groups is 1. The molecule has 3 aromatic carbocycles. The van der Waals surface area contributed by atoms with E-state index in [0.717, 1.165) is 55.5 Å². The lowest BCUT2D eigenvalue weighted by molar-refractivity contribution is -0.201. The Balaban J connectivity index is 1.44. The molecule has 1 aliphatic rings. The molecular weight excluding hydrogens is 846 g/mol. The number of nitriles is 1. The van der Waals surface area contributed by atoms with Gasteiger partial charge in [-0.1, -0.05) is 81.3 Å². The van der Waals surface area contributed by atoms with Gasteiger partial charge in [0.1, 0.15) is 29.4 Å². The summed E-state index contributed by atoms with van der Waals surface area (Å²) in [7, 11) is 1.32. The lowest BCUT2D eigenvalue weighted by Crippen LogP contribution is -2.47. The van der Waals surface area contributed by atoms with E-state index < -0.39 is 32.2 Å². The molecule has 17 heteroatoms. The maximum absolute atomic E-state index is 13.1. The van der Waals surface area contributed by atoms with Crippen molar-refractivity contribution < 1.29 is 33.1 Å². The van der Waals surface area contributed by atoms with Crippen molar-refractivity contribution in [1.29, 1.82) is 5.26 Å². The van der Waals surface area contributed by atoms with Crippen LogP contribution in [0.5, 0.6) is 11.5 Å². The fraction of sp³-hybridized carbons (Fsp3) is 0.500. The normalized spacial score (nSPS) is 18.3. The maximum Gasteiger partial charge on any atom is 0.261 e. The highest BCUT2D eigenvalue weighted by atomic mass is 31.2. The number of rotatable bonds is 25. The van der Waals surface area contributed by atoms with E-state index >= 15 is 0 Å². The molecule has 5 aromatic rings. The summed E-state index contributed by atoms with van der Waals surface area (Å²) in [6.07, 6.45) is 5.77. The number of aromatic nitrogens is 5. The minimum absolute atomic E-state index is 0.0327. The molecule has 16 nitrogen and oxygen atoms in total. The summed E-state index contributed by atoms with van der Waals surface area (Å²) in [6.45, 7) is 14.2. The number of hydrogen-bond donors (Lipinski definition) is 1. The monoisotopic (exact) mass is 909 g/mol. The van der Waals surface area contributed by atoms with Gasteiger partial charge in [-0.05, 0) is 86.7 Å². The van der Waals surface area contributed by atoms with Gasteiger partial charge in [-0.25, -0.2) is 14.6 Å². The first-order valence-electron chi connectivity index (χ1n) is 22.5. The summed E-state index contributed by atoms with van der Waals surface area (Å²) in [5, 5.41) is 35.3. The van der Waals surface area contributed by atoms with E-state index in [-0.39, 0.29) is 38.1 Å². The second kappa shape index (κ2) is 23.4. The van der Waals surface area contributed by atoms with Crippen LogP contribution in [0.25, 0.3) is 11.2 Å². The van der Waals surface area contributed by atoms with Crippen LogP contribution in [-0.2, 0) is 24.1 Å². The van der Waals surface area contributed by atoms with Crippen LogP contribution >= 0.6 is 8.53 Å². The Morgan fingerprint density at radius 1 is 0.923 bits per heavy atom. The molecule has 1 N–H and O–H groups in total. The minimum atomic E-state index is -2.00. The summed E-state index contributed by atoms with van der Waals surface area (Å²) in [6, 6.07) is 27.5. The Kier molecular flexibility index (Phi) is 17.7. The molecule has 1 aliphatic heterocycles. The average molecular weight is 910 g/mol. The van der Waals surface area contributed by atoms with Gasteiger partial charge in [-0.2, -0.15) is 5.26 Å². The van der Waals surface area contributed by atoms with E-state index in [2.05, 4.69) is 44.9 Å². The van der Waals surface area contributed by atoms with Crippen LogP contribution in [-0.4, -0.2) is 110 Å². The van der Waals surface area contributed by atoms with Gasteiger partial charge in [-0.3, -0.25) is 9.09 Å². The molecule has 0 radical (unpaired) electrons. The number of imidazole rings is 1. The van der Waals surface area contributed by atoms with Gasteiger partial charge in [0.2, 0.25) is 11.6 Å². The van der Waals surface area contributed by atoms with Crippen LogP contribution in [0.1, 0.15) is 103 Å². The molecule has 0 saturated carbocycles. The Hall–Kier alpha value is -5.11. The quantitative estimate of drug-likeness (QED) is 0.0147. The van der Waals surface area contributed by atoms with Crippen LogP contribution in [0, 0.1) is 11.3 Å². The van der Waals surface area contributed by atoms with Gasteiger partial charge in [0.25, 0.3) is 8.53 Å². The molecule has 65 heavy (non-hydrogen) atoms. The molecule has 3 heterocycles. The first-order chi connectivity index (χ1) is 31.5. The van der Waals surface area contributed by atoms with Crippen molar-refractivity contribution in [3.05, 3.63) is 102 Å². The third-order valence-corrected chi connectivity index (χ3v) is 13.5. The van der Waals surface area contributed by atoms with Gasteiger partial charge in [0.05, 0.1) is 59.0 Å². The zero-order chi connectivity index (χ0) is 46.4. The van der Waals surface area contributed by atoms with Gasteiger partial charge in [0.15, 0.2) is 11.2 Å². The Bertz CT molecular complexity index is 2230. The first-order valence-corrected chi connectivity index (χ1v) is 23.6. The van der Waals surface area contributed by atoms with Crippen molar-refractivity contribution in [3.63, 3.8) is 0 Å². The molecule has 2 aromatic heterocycles. The van der Waals surface area contributed by atoms with Crippen molar-refractivity contribution in [2.75, 3.05) is 40.5 Å². The summed E-state index contributed by atoms with van der Waals surface area (Å²) in [4.78, 5) is 11.6. The van der Waals surface area contributed by atoms with Gasteiger partial charge in [-0.15, -0.1) is 10.2 Å². The fourth-order valence-corrected chi connectivity index (χ4v) is 9.74. The highest BCUT2D eigenvalue weighted by Gasteiger charge is 2.54. The summed E-state index contributed by atoms with van der Waals surface area (Å²) < 4.78 is 42.3. The van der Waals surface area contributed by atoms with Crippen LogP contribution < -0.4 is 9.47 Å². The molecule has 0 spiro atoms. The van der Waals surface area contributed by atoms with Crippen molar-refractivity contribution in [3.8, 4) is 17.6 Å². The predicted molar refractivity (Wildman–Crippen MR) is 251 cm³/mol. The highest BCUT2D eigenvalue weighted by Crippen LogP contribution is 2.54. The molecule has 0 amide bonds. The Morgan fingerprint density at radius 2 is 1.52 bits per heavy atom. The zero-order valence-corrected chi connectivity index (χ0v) is 39.8. The van der Waals surface area contributed by atoms with Crippen LogP contribution in [0.2, 0.25) is 0 Å². The first kappa shape index (κ1) is 49.3. The van der Waals surface area contributed by atoms with E-state index in [1.807, 2.05) is 113 Å². The number of ether oxygens (including phenoxy) is 4. The smallest absolute Gasteiger partial charge is 0.261 e. The van der Waals surface area contributed by atoms with Crippen molar-refractivity contribution in [2.45, 2.75) is 116 Å². The topological polar surface area (TPSA) is 175 Å². The van der Waals surface area contributed by atoms with Crippen molar-refractivity contribution >= 4 is 31.8 Å². The number of benzene rings is 3. The maximum atomic E-state index is 13.1. The number of hydrogen-bond acceptors (Lipinski definition) is 14. The number of methoxy groups -OCH3 is 2. The summed E-state index contributed by atoms with van der Waals surface area (Å²) in [5.74, 6) is -0.305. The van der Waals surface area contributed by atoms with E-state index in [1.165, 1.54) is 0 Å². The number of nitrogens with zero attached hydrogens (tertiary/aromatic N) is 9. The number of fused-ring (bicyclic) bond motifs is 1. The number of unbranched alkanes of at least 4 members (excludes halogenated alkanes) is 2. The van der Waals surface area contributed by atoms with E-state index in [9.17, 15) is 10.4 Å². The molecular formula is C48H64N9O7P. The van der Waals surface area contributed by atoms with Crippen LogP contribution in [0.4, 0.5) is 5.82 Å². The molecule has 1 unspecified atom stereocenters. The molecule has 0 bridgehead atoms. The predicted octanol–water partition coefficient (Wildman–Crippen LogP) is 9.08. The lowest BCUT2D eigenvalue weighted by atomic mass is 9.80. The second-order valence-corrected chi connectivity index (χ2v) is 17.9. The van der Waals surface area contributed by atoms with Crippen molar-refractivity contribution in [2.24, 2.45) is 4.99 Å². The summed E-state index contributed by atoms with van der Waals surface area (Å²) >= 11 is 0. The highest BCUT2D eigenvalue weighted by molar-refractivity contribution is 7.44. The third-order valence-electron chi connectivity index (χ3n) is 11.3. The third kappa shape index (κ3) is 11.7. The standard InChI is InChI=1S/C48H64N9O7P/c1-9-11-28-55(29-12-10-2)33-51-45-44-46(53-54-52-45)56(34-50-44)43-31-47(58,64-65(62-30-16-27-49)57(35(3)4)36(5)6)42(63-43)32-61-48(37-17-14-13-15-18-37,38-19-23-40(59-7)24-20-38)39-21-25-41(60-8)26-22-39/h13-15,17-26,33-36,42-43,58H,9-12,16,28-32H2,1-8H3/t42-,43+,47-,65?/m1/s1. The van der Waals surface area contributed by atoms with Crippen LogP contribution in [0.15, 0.2) is 90.2 Å². The largest absolute Gasteiger partial charge is 0.497 e. The second-order valence-electron chi connectivity index (χ2n) is 16.5. The van der Waals surface area contributed by atoms with E-state index in [4.69, 9.17) is 38.0 Å². The molecule has 1 saturated heterocycles. The lowest BCUT2D eigenvalue weighted by Gasteiger charge is -2.41. The Morgan fingerprint density at radius 3 is 2.08 bits per heavy atom. The molecule has 6 rings (SSSR count). The van der Waals surface area contributed by atoms with E-state index in [1.54, 1.807) is 25.1 Å².